The molecule has 0 saturated heterocycles. The third-order valence-electron chi connectivity index (χ3n) is 6.57. The summed E-state index contributed by atoms with van der Waals surface area (Å²) in [6.45, 7) is -0.198. The van der Waals surface area contributed by atoms with Gasteiger partial charge in [-0.15, -0.1) is 13.2 Å². The number of fused-ring (bicyclic) bond motifs is 2. The highest BCUT2D eigenvalue weighted by Crippen LogP contribution is 2.45. The first kappa shape index (κ1) is 28.3. The highest BCUT2D eigenvalue weighted by atomic mass is 35.5. The number of alkyl halides is 5. The van der Waals surface area contributed by atoms with Crippen molar-refractivity contribution in [2.45, 2.75) is 25.3 Å². The van der Waals surface area contributed by atoms with Crippen molar-refractivity contribution in [1.29, 1.82) is 0 Å². The number of carbonyl (C=O) groups is 1. The highest BCUT2D eigenvalue weighted by Gasteiger charge is 2.45. The van der Waals surface area contributed by atoms with Crippen LogP contribution in [0.25, 0.3) is 22.4 Å². The number of amides is 1. The Hall–Kier alpha value is -4.85. The summed E-state index contributed by atoms with van der Waals surface area (Å²) in [5.41, 5.74) is 1.92. The molecule has 1 aliphatic rings. The fraction of sp³-hybridized carbons (Fsp3) is 0.179. The molecule has 2 N–H and O–H groups in total. The molecule has 0 radical (unpaired) electrons. The van der Waals surface area contributed by atoms with Crippen molar-refractivity contribution < 1.29 is 40.6 Å². The van der Waals surface area contributed by atoms with Crippen molar-refractivity contribution in [1.82, 2.24) is 20.1 Å². The molecule has 0 fully saturated rings. The van der Waals surface area contributed by atoms with Crippen LogP contribution < -0.4 is 15.2 Å². The van der Waals surface area contributed by atoms with Crippen LogP contribution in [-0.2, 0) is 0 Å². The zero-order valence-corrected chi connectivity index (χ0v) is 22.5. The molecule has 9 nitrogen and oxygen atoms in total. The number of halogens is 6. The van der Waals surface area contributed by atoms with Crippen LogP contribution in [0, 0.1) is 0 Å². The standard InChI is InChI=1S/C28H18ClF5N4O5/c1-27(30,31)12-38-23(13-5-7-14(8-6-13)41-15-9-10-19(17(29)11-15)43-28(32,33)34)20-21(36-37-22(20)25(38)39)16-3-2-4-18-24(16)42-26(40)35-18/h2-11,23H,12H2,1H3,(H,35,40)(H,36,37). The first-order chi connectivity index (χ1) is 20.3. The van der Waals surface area contributed by atoms with Gasteiger partial charge in [-0.2, -0.15) is 5.10 Å². The second kappa shape index (κ2) is 10.2. The van der Waals surface area contributed by atoms with E-state index in [1.54, 1.807) is 30.3 Å². The predicted molar refractivity (Wildman–Crippen MR) is 143 cm³/mol. The van der Waals surface area contributed by atoms with Crippen LogP contribution in [-0.4, -0.2) is 44.8 Å². The summed E-state index contributed by atoms with van der Waals surface area (Å²) in [7, 11) is 0. The minimum Gasteiger partial charge on any atom is -0.457 e. The second-order valence-electron chi connectivity index (χ2n) is 9.77. The summed E-state index contributed by atoms with van der Waals surface area (Å²) in [5.74, 6) is -4.88. The second-order valence-corrected chi connectivity index (χ2v) is 10.2. The van der Waals surface area contributed by atoms with E-state index in [1.807, 2.05) is 0 Å². The third kappa shape index (κ3) is 5.52. The minimum atomic E-state index is -4.92. The first-order valence-electron chi connectivity index (χ1n) is 12.5. The number of H-pyrrole nitrogens is 2. The molecule has 0 bridgehead atoms. The number of oxazole rings is 1. The Kier molecular flexibility index (Phi) is 6.68. The average molecular weight is 621 g/mol. The zero-order chi connectivity index (χ0) is 30.7. The van der Waals surface area contributed by atoms with Crippen LogP contribution in [0.1, 0.15) is 34.6 Å². The number of aromatic amines is 2. The lowest BCUT2D eigenvalue weighted by molar-refractivity contribution is -0.274. The number of hydrogen-bond donors (Lipinski definition) is 2. The van der Waals surface area contributed by atoms with Crippen molar-refractivity contribution >= 4 is 28.6 Å². The van der Waals surface area contributed by atoms with Gasteiger partial charge in [0.2, 0.25) is 0 Å². The minimum absolute atomic E-state index is 0.00951. The quantitative estimate of drug-likeness (QED) is 0.188. The van der Waals surface area contributed by atoms with E-state index in [2.05, 4.69) is 19.9 Å². The number of aromatic nitrogens is 3. The van der Waals surface area contributed by atoms with Crippen LogP contribution in [0.15, 0.2) is 69.9 Å². The lowest BCUT2D eigenvalue weighted by Gasteiger charge is -2.28. The van der Waals surface area contributed by atoms with Gasteiger partial charge < -0.3 is 18.8 Å². The van der Waals surface area contributed by atoms with Gasteiger partial charge in [0, 0.05) is 24.1 Å². The van der Waals surface area contributed by atoms with Gasteiger partial charge in [-0.25, -0.2) is 13.6 Å². The van der Waals surface area contributed by atoms with E-state index in [1.165, 1.54) is 18.2 Å². The van der Waals surface area contributed by atoms with Gasteiger partial charge in [-0.3, -0.25) is 14.9 Å². The molecule has 0 spiro atoms. The molecule has 1 aliphatic heterocycles. The number of carbonyl (C=O) groups excluding carboxylic acids is 1. The monoisotopic (exact) mass is 620 g/mol. The molecule has 1 amide bonds. The maximum Gasteiger partial charge on any atom is 0.573 e. The molecule has 43 heavy (non-hydrogen) atoms. The molecule has 222 valence electrons. The number of hydrogen-bond acceptors (Lipinski definition) is 6. The summed E-state index contributed by atoms with van der Waals surface area (Å²) < 4.78 is 81.0. The number of ether oxygens (including phenoxy) is 2. The Morgan fingerprint density at radius 2 is 1.74 bits per heavy atom. The summed E-state index contributed by atoms with van der Waals surface area (Å²) in [5, 5.41) is 6.60. The number of nitrogens with one attached hydrogen (secondary N) is 2. The summed E-state index contributed by atoms with van der Waals surface area (Å²) in [6, 6.07) is 13.4. The van der Waals surface area contributed by atoms with Crippen LogP contribution >= 0.6 is 11.6 Å². The molecular formula is C28H18ClF5N4O5. The van der Waals surface area contributed by atoms with Gasteiger partial charge in [0.05, 0.1) is 23.1 Å². The first-order valence-corrected chi connectivity index (χ1v) is 12.9. The zero-order valence-electron chi connectivity index (χ0n) is 21.8. The molecule has 1 atom stereocenters. The topological polar surface area (TPSA) is 113 Å². The maximum atomic E-state index is 14.3. The maximum absolute atomic E-state index is 14.3. The fourth-order valence-corrected chi connectivity index (χ4v) is 5.19. The van der Waals surface area contributed by atoms with Gasteiger partial charge in [-0.05, 0) is 42.0 Å². The molecule has 5 aromatic rings. The number of nitrogens with zero attached hydrogens (tertiary/aromatic N) is 2. The fourth-order valence-electron chi connectivity index (χ4n) is 4.98. The molecule has 0 saturated carbocycles. The Bertz CT molecular complexity index is 1910. The van der Waals surface area contributed by atoms with E-state index in [-0.39, 0.29) is 33.5 Å². The normalized spacial score (nSPS) is 15.3. The van der Waals surface area contributed by atoms with Crippen LogP contribution in [0.4, 0.5) is 22.0 Å². The molecule has 15 heteroatoms. The molecule has 3 heterocycles. The third-order valence-corrected chi connectivity index (χ3v) is 6.87. The molecule has 1 unspecified atom stereocenters. The number of rotatable bonds is 7. The average Bonchev–Trinajstić information content (AvgIpc) is 3.58. The van der Waals surface area contributed by atoms with E-state index in [0.717, 1.165) is 17.0 Å². The van der Waals surface area contributed by atoms with Gasteiger partial charge in [-0.1, -0.05) is 29.8 Å². The molecule has 6 rings (SSSR count). The molecule has 2 aromatic heterocycles. The van der Waals surface area contributed by atoms with E-state index < -0.39 is 42.3 Å². The van der Waals surface area contributed by atoms with E-state index in [9.17, 15) is 31.5 Å². The predicted octanol–water partition coefficient (Wildman–Crippen LogP) is 7.06. The highest BCUT2D eigenvalue weighted by molar-refractivity contribution is 6.32. The van der Waals surface area contributed by atoms with Crippen LogP contribution in [0.5, 0.6) is 17.2 Å². The van der Waals surface area contributed by atoms with Gasteiger partial charge >= 0.3 is 12.1 Å². The largest absolute Gasteiger partial charge is 0.573 e. The Morgan fingerprint density at radius 1 is 1.02 bits per heavy atom. The van der Waals surface area contributed by atoms with Crippen molar-refractivity contribution in [3.8, 4) is 28.5 Å². The smallest absolute Gasteiger partial charge is 0.457 e. The van der Waals surface area contributed by atoms with Crippen LogP contribution in [0.2, 0.25) is 5.02 Å². The summed E-state index contributed by atoms with van der Waals surface area (Å²) in [6.07, 6.45) is -4.92. The molecule has 3 aromatic carbocycles. The lowest BCUT2D eigenvalue weighted by atomic mass is 9.95. The number of benzene rings is 3. The van der Waals surface area contributed by atoms with Gasteiger partial charge in [0.15, 0.2) is 5.58 Å². The van der Waals surface area contributed by atoms with Crippen molar-refractivity contribution in [2.75, 3.05) is 6.54 Å². The van der Waals surface area contributed by atoms with E-state index in [0.29, 0.717) is 29.1 Å². The Balaban J connectivity index is 1.36. The van der Waals surface area contributed by atoms with Crippen molar-refractivity contribution in [3.05, 3.63) is 93.1 Å². The molecular weight excluding hydrogens is 603 g/mol. The van der Waals surface area contributed by atoms with E-state index in [4.69, 9.17) is 20.8 Å². The van der Waals surface area contributed by atoms with Crippen molar-refractivity contribution in [3.63, 3.8) is 0 Å². The SMILES string of the molecule is CC(F)(F)CN1C(=O)c2[nH]nc(-c3cccc4[nH]c(=O)oc34)c2C1c1ccc(Oc2ccc(OC(F)(F)F)c(Cl)c2)cc1. The van der Waals surface area contributed by atoms with Gasteiger partial charge in [0.1, 0.15) is 28.6 Å². The summed E-state index contributed by atoms with van der Waals surface area (Å²) in [4.78, 5) is 28.8. The van der Waals surface area contributed by atoms with E-state index >= 15 is 0 Å². The van der Waals surface area contributed by atoms with Crippen LogP contribution in [0.3, 0.4) is 0 Å². The van der Waals surface area contributed by atoms with Gasteiger partial charge in [0.25, 0.3) is 11.8 Å². The number of para-hydroxylation sites is 1. The van der Waals surface area contributed by atoms with Crippen molar-refractivity contribution in [2.24, 2.45) is 0 Å². The lowest BCUT2D eigenvalue weighted by Crippen LogP contribution is -2.38. The Morgan fingerprint density at radius 3 is 2.42 bits per heavy atom. The summed E-state index contributed by atoms with van der Waals surface area (Å²) >= 11 is 5.90. The molecule has 0 aliphatic carbocycles. The Labute approximate surface area is 242 Å².